The zero-order valence-electron chi connectivity index (χ0n) is 31.1. The Bertz CT molecular complexity index is 2460. The van der Waals surface area contributed by atoms with Gasteiger partial charge in [0.1, 0.15) is 5.58 Å². The van der Waals surface area contributed by atoms with Crippen molar-refractivity contribution in [3.63, 3.8) is 0 Å². The first-order chi connectivity index (χ1) is 26.3. The monoisotopic (exact) mass is 706 g/mol. The Morgan fingerprint density at radius 1 is 0.500 bits per heavy atom. The molecular weight excluding hydrogens is 663 g/mol. The van der Waals surface area contributed by atoms with Gasteiger partial charge in [-0.05, 0) is 93.3 Å². The molecule has 0 radical (unpaired) electrons. The van der Waals surface area contributed by atoms with Crippen LogP contribution in [0, 0.1) is 0 Å². The van der Waals surface area contributed by atoms with Crippen LogP contribution in [-0.4, -0.2) is 18.3 Å². The normalized spacial score (nSPS) is 14.4. The van der Waals surface area contributed by atoms with E-state index in [4.69, 9.17) is 13.7 Å². The van der Waals surface area contributed by atoms with Crippen molar-refractivity contribution >= 4 is 63.0 Å². The van der Waals surface area contributed by atoms with Crippen LogP contribution in [0.3, 0.4) is 0 Å². The quantitative estimate of drug-likeness (QED) is 0.167. The van der Waals surface area contributed by atoms with Crippen molar-refractivity contribution in [2.24, 2.45) is 0 Å². The van der Waals surface area contributed by atoms with Crippen molar-refractivity contribution in [3.05, 3.63) is 182 Å². The molecule has 266 valence electrons. The largest absolute Gasteiger partial charge is 0.494 e. The minimum Gasteiger partial charge on any atom is -0.454 e. The molecule has 0 amide bonds. The average molecular weight is 707 g/mol. The molecule has 1 aliphatic heterocycles. The third kappa shape index (κ3) is 7.02. The van der Waals surface area contributed by atoms with E-state index in [-0.39, 0.29) is 18.3 Å². The van der Waals surface area contributed by atoms with Crippen LogP contribution in [0.15, 0.2) is 186 Å². The van der Waals surface area contributed by atoms with E-state index in [1.165, 1.54) is 11.1 Å². The van der Waals surface area contributed by atoms with Gasteiger partial charge in [-0.3, -0.25) is 0 Å². The Balaban J connectivity index is 0.000000175. The van der Waals surface area contributed by atoms with Gasteiger partial charge in [0, 0.05) is 33.4 Å². The Kier molecular flexibility index (Phi) is 9.55. The van der Waals surface area contributed by atoms with Crippen LogP contribution < -0.4 is 15.7 Å². The molecule has 0 atom stereocenters. The number of fused-ring (bicyclic) bond motifs is 3. The predicted octanol–water partition coefficient (Wildman–Crippen LogP) is 12.5. The lowest BCUT2D eigenvalue weighted by Gasteiger charge is -2.32. The second-order valence-corrected chi connectivity index (χ2v) is 14.5. The van der Waals surface area contributed by atoms with Gasteiger partial charge in [-0.2, -0.15) is 0 Å². The van der Waals surface area contributed by atoms with Gasteiger partial charge in [0.05, 0.1) is 22.6 Å². The maximum atomic E-state index is 6.26. The first-order valence-corrected chi connectivity index (χ1v) is 18.4. The molecule has 1 N–H and O–H groups in total. The molecule has 0 saturated carbocycles. The Morgan fingerprint density at radius 3 is 1.76 bits per heavy atom. The molecule has 1 fully saturated rings. The summed E-state index contributed by atoms with van der Waals surface area (Å²) in [6.45, 7) is 8.33. The predicted molar refractivity (Wildman–Crippen MR) is 226 cm³/mol. The van der Waals surface area contributed by atoms with Crippen LogP contribution in [0.2, 0.25) is 0 Å². The maximum Gasteiger partial charge on any atom is 0.494 e. The van der Waals surface area contributed by atoms with E-state index < -0.39 is 0 Å². The lowest BCUT2D eigenvalue weighted by atomic mass is 9.79. The second kappa shape index (κ2) is 14.7. The highest BCUT2D eigenvalue weighted by Gasteiger charge is 2.51. The number of hydrogen-bond donors (Lipinski definition) is 1. The summed E-state index contributed by atoms with van der Waals surface area (Å²) in [6, 6.07) is 62.5. The van der Waals surface area contributed by atoms with E-state index >= 15 is 0 Å². The van der Waals surface area contributed by atoms with Crippen LogP contribution >= 0.6 is 0 Å². The molecule has 8 aromatic rings. The number of nitrogens with zero attached hydrogens (tertiary/aromatic N) is 1. The van der Waals surface area contributed by atoms with Crippen molar-refractivity contribution in [2.75, 3.05) is 10.2 Å². The van der Waals surface area contributed by atoms with Gasteiger partial charge < -0.3 is 23.9 Å². The molecule has 0 bridgehead atoms. The molecule has 1 saturated heterocycles. The summed E-state index contributed by atoms with van der Waals surface area (Å²) in [4.78, 5) is 2.30. The fourth-order valence-electron chi connectivity index (χ4n) is 6.82. The number of hydrogen-bond acceptors (Lipinski definition) is 5. The lowest BCUT2D eigenvalue weighted by Crippen LogP contribution is -2.41. The Hall–Kier alpha value is -6.08. The number of rotatable bonds is 7. The summed E-state index contributed by atoms with van der Waals surface area (Å²) < 4.78 is 18.5. The molecule has 5 nitrogen and oxygen atoms in total. The van der Waals surface area contributed by atoms with Crippen LogP contribution in [0.4, 0.5) is 28.4 Å². The molecule has 54 heavy (non-hydrogen) atoms. The number of para-hydroxylation sites is 5. The summed E-state index contributed by atoms with van der Waals surface area (Å²) in [5, 5.41) is 5.71. The zero-order chi connectivity index (χ0) is 37.1. The van der Waals surface area contributed by atoms with E-state index in [0.717, 1.165) is 55.8 Å². The number of benzene rings is 7. The highest BCUT2D eigenvalue weighted by molar-refractivity contribution is 6.62. The lowest BCUT2D eigenvalue weighted by molar-refractivity contribution is 0.00578. The summed E-state index contributed by atoms with van der Waals surface area (Å²) >= 11 is 0. The van der Waals surface area contributed by atoms with E-state index in [1.807, 2.05) is 60.7 Å². The van der Waals surface area contributed by atoms with E-state index in [0.29, 0.717) is 0 Å². The van der Waals surface area contributed by atoms with Gasteiger partial charge in [-0.15, -0.1) is 0 Å². The second-order valence-electron chi connectivity index (χ2n) is 14.5. The molecule has 1 aromatic heterocycles. The van der Waals surface area contributed by atoms with Crippen LogP contribution in [0.25, 0.3) is 33.1 Å². The maximum absolute atomic E-state index is 6.26. The van der Waals surface area contributed by atoms with Gasteiger partial charge in [0.15, 0.2) is 5.58 Å². The molecule has 9 rings (SSSR count). The minimum atomic E-state index is -0.374. The van der Waals surface area contributed by atoms with Crippen molar-refractivity contribution in [2.45, 2.75) is 38.9 Å². The van der Waals surface area contributed by atoms with E-state index in [9.17, 15) is 0 Å². The summed E-state index contributed by atoms with van der Waals surface area (Å²) in [6.07, 6.45) is 0. The van der Waals surface area contributed by atoms with Crippen LogP contribution in [0.1, 0.15) is 27.7 Å². The third-order valence-corrected chi connectivity index (χ3v) is 10.4. The van der Waals surface area contributed by atoms with Crippen molar-refractivity contribution in [1.82, 2.24) is 0 Å². The smallest absolute Gasteiger partial charge is 0.454 e. The van der Waals surface area contributed by atoms with Crippen molar-refractivity contribution in [1.29, 1.82) is 0 Å². The summed E-state index contributed by atoms with van der Waals surface area (Å²) in [5.74, 6) is 0. The first kappa shape index (κ1) is 35.0. The first-order valence-electron chi connectivity index (χ1n) is 18.4. The number of nitrogens with one attached hydrogen (secondary N) is 1. The fraction of sp³-hybridized carbons (Fsp3) is 0.125. The molecule has 0 spiro atoms. The van der Waals surface area contributed by atoms with Crippen molar-refractivity contribution in [3.8, 4) is 11.1 Å². The topological polar surface area (TPSA) is 46.9 Å². The van der Waals surface area contributed by atoms with Gasteiger partial charge in [0.25, 0.3) is 0 Å². The van der Waals surface area contributed by atoms with Gasteiger partial charge in [-0.1, -0.05) is 127 Å². The van der Waals surface area contributed by atoms with Crippen molar-refractivity contribution < 1.29 is 13.7 Å². The Labute approximate surface area is 317 Å². The fourth-order valence-corrected chi connectivity index (χ4v) is 6.82. The van der Waals surface area contributed by atoms with Gasteiger partial charge in [0.2, 0.25) is 0 Å². The molecule has 2 heterocycles. The molecule has 7 aromatic carbocycles. The molecule has 0 unspecified atom stereocenters. The van der Waals surface area contributed by atoms with Gasteiger partial charge >= 0.3 is 7.12 Å². The molecule has 0 aliphatic carbocycles. The van der Waals surface area contributed by atoms with E-state index in [2.05, 4.69) is 159 Å². The molecular formula is C48H43BN2O3. The zero-order valence-corrected chi connectivity index (χ0v) is 31.1. The third-order valence-electron chi connectivity index (χ3n) is 10.4. The molecule has 6 heteroatoms. The van der Waals surface area contributed by atoms with E-state index in [1.54, 1.807) is 0 Å². The summed E-state index contributed by atoms with van der Waals surface area (Å²) in [5.41, 5.74) is 9.85. The standard InChI is InChI=1S/C30H30BNO2.C18H13NO/c1-29(2)30(3,4)34-31(33-29)24-19-21-26(22-20-24)32(25-15-9-6-10-16-25)28-18-12-11-17-27(28)23-13-7-5-8-14-23;1-2-7-13(8-3-1)19-16-11-6-10-15-14-9-4-5-12-17(14)20-18(15)16/h5-22H,1-4H3;1-12,19H. The van der Waals surface area contributed by atoms with Gasteiger partial charge in [-0.25, -0.2) is 0 Å². The van der Waals surface area contributed by atoms with Crippen LogP contribution in [0.5, 0.6) is 0 Å². The number of furan rings is 1. The average Bonchev–Trinajstić information content (AvgIpc) is 3.70. The molecule has 1 aliphatic rings. The SMILES string of the molecule is CC1(C)OB(c2ccc(N(c3ccccc3)c3ccccc3-c3ccccc3)cc2)OC1(C)C.c1ccc(Nc2cccc3c2oc2ccccc23)cc1. The summed E-state index contributed by atoms with van der Waals surface area (Å²) in [7, 11) is -0.374. The highest BCUT2D eigenvalue weighted by Crippen LogP contribution is 2.41. The Morgan fingerprint density at radius 2 is 1.06 bits per heavy atom. The van der Waals surface area contributed by atoms with Crippen LogP contribution in [-0.2, 0) is 9.31 Å². The number of anilines is 5. The minimum absolute atomic E-state index is 0.360. The highest BCUT2D eigenvalue weighted by atomic mass is 16.7.